The van der Waals surface area contributed by atoms with E-state index >= 15 is 0 Å². The van der Waals surface area contributed by atoms with Crippen LogP contribution in [0.2, 0.25) is 0 Å². The van der Waals surface area contributed by atoms with Gasteiger partial charge >= 0.3 is 0 Å². The van der Waals surface area contributed by atoms with Crippen molar-refractivity contribution in [2.24, 2.45) is 0 Å². The average Bonchev–Trinajstić information content (AvgIpc) is 2.99. The van der Waals surface area contributed by atoms with Crippen LogP contribution in [0.4, 0.5) is 0 Å². The zero-order valence-electron chi connectivity index (χ0n) is 13.4. The lowest BCUT2D eigenvalue weighted by molar-refractivity contribution is 0.293. The molecule has 1 aromatic heterocycles. The highest BCUT2D eigenvalue weighted by molar-refractivity contribution is 6.33. The number of ether oxygens (including phenoxy) is 1. The zero-order chi connectivity index (χ0) is 15.8. The Balaban J connectivity index is 2.09. The van der Waals surface area contributed by atoms with Crippen molar-refractivity contribution in [1.82, 2.24) is 9.78 Å². The molecule has 4 heteroatoms. The Morgan fingerprint density at radius 2 is 2.05 bits per heavy atom. The highest BCUT2D eigenvalue weighted by atomic mass is 16.5. The fourth-order valence-corrected chi connectivity index (χ4v) is 2.03. The minimum atomic E-state index is 0.529. The molecule has 0 spiro atoms. The molecule has 3 nitrogen and oxygen atoms in total. The molecule has 22 heavy (non-hydrogen) atoms. The van der Waals surface area contributed by atoms with Gasteiger partial charge in [-0.1, -0.05) is 48.0 Å². The van der Waals surface area contributed by atoms with Crippen molar-refractivity contribution >= 4 is 19.0 Å². The Morgan fingerprint density at radius 3 is 2.77 bits per heavy atom. The maximum Gasteiger partial charge on any atom is 0.233 e. The van der Waals surface area contributed by atoms with Crippen LogP contribution in [0.3, 0.4) is 0 Å². The number of allylic oxidation sites excluding steroid dienone is 6. The molecule has 0 aliphatic rings. The first-order valence-corrected chi connectivity index (χ1v) is 7.43. The molecule has 0 radical (unpaired) electrons. The van der Waals surface area contributed by atoms with Gasteiger partial charge in [0.15, 0.2) is 0 Å². The summed E-state index contributed by atoms with van der Waals surface area (Å²) in [6.07, 6.45) is 11.9. The molecule has 0 N–H and O–H groups in total. The summed E-state index contributed by atoms with van der Waals surface area (Å²) in [6.45, 7) is 4.51. The van der Waals surface area contributed by atoms with Gasteiger partial charge in [-0.3, -0.25) is 0 Å². The van der Waals surface area contributed by atoms with E-state index in [4.69, 9.17) is 4.74 Å². The topological polar surface area (TPSA) is 27.1 Å². The molecule has 0 saturated carbocycles. The summed E-state index contributed by atoms with van der Waals surface area (Å²) < 4.78 is 7.60. The van der Waals surface area contributed by atoms with Gasteiger partial charge in [0.25, 0.3) is 0 Å². The summed E-state index contributed by atoms with van der Waals surface area (Å²) in [5, 5.41) is 4.47. The first-order chi connectivity index (χ1) is 10.7. The predicted octanol–water partition coefficient (Wildman–Crippen LogP) is 2.71. The molecule has 0 unspecified atom stereocenters. The van der Waals surface area contributed by atoms with Gasteiger partial charge in [0.05, 0.1) is 5.70 Å². The lowest BCUT2D eigenvalue weighted by Crippen LogP contribution is -2.12. The van der Waals surface area contributed by atoms with Crippen LogP contribution in [0.25, 0.3) is 5.70 Å². The molecule has 1 heterocycles. The van der Waals surface area contributed by atoms with Crippen LogP contribution >= 0.6 is 0 Å². The van der Waals surface area contributed by atoms with Crippen molar-refractivity contribution in [3.05, 3.63) is 72.5 Å². The summed E-state index contributed by atoms with van der Waals surface area (Å²) in [4.78, 5) is 0. The van der Waals surface area contributed by atoms with Gasteiger partial charge in [-0.05, 0) is 31.6 Å². The van der Waals surface area contributed by atoms with Crippen molar-refractivity contribution in [1.29, 1.82) is 0 Å². The van der Waals surface area contributed by atoms with Crippen LogP contribution in [0.5, 0.6) is 5.88 Å². The second kappa shape index (κ2) is 8.08. The average molecular weight is 292 g/mol. The molecule has 112 valence electrons. The smallest absolute Gasteiger partial charge is 0.233 e. The van der Waals surface area contributed by atoms with Crippen molar-refractivity contribution in [3.63, 3.8) is 0 Å². The van der Waals surface area contributed by atoms with E-state index < -0.39 is 0 Å². The molecular weight excluding hydrogens is 271 g/mol. The third kappa shape index (κ3) is 4.25. The normalized spacial score (nSPS) is 12.4. The molecule has 0 amide bonds. The molecule has 0 bridgehead atoms. The predicted molar refractivity (Wildman–Crippen MR) is 95.1 cm³/mol. The summed E-state index contributed by atoms with van der Waals surface area (Å²) in [5.41, 5.74) is 3.39. The van der Waals surface area contributed by atoms with Crippen LogP contribution in [-0.4, -0.2) is 17.6 Å². The molecule has 2 rings (SSSR count). The van der Waals surface area contributed by atoms with Gasteiger partial charge in [-0.25, -0.2) is 4.68 Å². The van der Waals surface area contributed by atoms with Crippen molar-refractivity contribution in [2.45, 2.75) is 20.5 Å². The highest BCUT2D eigenvalue weighted by Crippen LogP contribution is 2.13. The minimum absolute atomic E-state index is 0.529. The summed E-state index contributed by atoms with van der Waals surface area (Å²) >= 11 is 0. The zero-order valence-corrected chi connectivity index (χ0v) is 13.4. The summed E-state index contributed by atoms with van der Waals surface area (Å²) in [6, 6.07) is 10.1. The Morgan fingerprint density at radius 1 is 1.23 bits per heavy atom. The van der Waals surface area contributed by atoms with Crippen molar-refractivity contribution in [2.75, 3.05) is 0 Å². The summed E-state index contributed by atoms with van der Waals surface area (Å²) in [7, 11) is 2.08. The van der Waals surface area contributed by atoms with Crippen molar-refractivity contribution < 1.29 is 4.74 Å². The van der Waals surface area contributed by atoms with Gasteiger partial charge in [-0.15, -0.1) is 5.10 Å². The van der Waals surface area contributed by atoms with E-state index in [-0.39, 0.29) is 0 Å². The second-order valence-electron chi connectivity index (χ2n) is 4.93. The van der Waals surface area contributed by atoms with E-state index in [1.54, 1.807) is 0 Å². The number of hydrogen-bond acceptors (Lipinski definition) is 2. The molecule has 0 aliphatic carbocycles. The number of benzene rings is 1. The van der Waals surface area contributed by atoms with Gasteiger partial charge in [-0.2, -0.15) is 0 Å². The molecular formula is C18H21BN2O. The fourth-order valence-electron chi connectivity index (χ4n) is 2.03. The number of rotatable bonds is 6. The third-order valence-corrected chi connectivity index (χ3v) is 3.26. The lowest BCUT2D eigenvalue weighted by Gasteiger charge is -2.06. The number of hydrogen-bond donors (Lipinski definition) is 0. The Kier molecular flexibility index (Phi) is 5.84. The minimum Gasteiger partial charge on any atom is -0.472 e. The quantitative estimate of drug-likeness (QED) is 0.604. The van der Waals surface area contributed by atoms with E-state index in [0.29, 0.717) is 12.5 Å². The molecule has 0 aliphatic heterocycles. The van der Waals surface area contributed by atoms with Crippen LogP contribution in [0, 0.1) is 0 Å². The monoisotopic (exact) mass is 292 g/mol. The van der Waals surface area contributed by atoms with Gasteiger partial charge in [0, 0.05) is 12.3 Å². The molecule has 1 aromatic carbocycles. The van der Waals surface area contributed by atoms with E-state index in [1.165, 1.54) is 11.0 Å². The van der Waals surface area contributed by atoms with E-state index in [2.05, 4.69) is 25.1 Å². The standard InChI is InChI=1S/C18H21BN2O/c1-3-5-10-16(8-4-2)21-13-12-18(20-21)22-14-15-9-6-7-11-17(15)19/h3-13H,14,19H2,1-2H3/b5-3-,8-4-,16-10+. The Labute approximate surface area is 133 Å². The third-order valence-electron chi connectivity index (χ3n) is 3.26. The SMILES string of the molecule is Bc1ccccc1COc1ccn(C(/C=C\C)=C/C=C\C)n1. The summed E-state index contributed by atoms with van der Waals surface area (Å²) in [5.74, 6) is 0.624. The fraction of sp³-hybridized carbons (Fsp3) is 0.167. The van der Waals surface area contributed by atoms with Crippen molar-refractivity contribution in [3.8, 4) is 5.88 Å². The lowest BCUT2D eigenvalue weighted by atomic mass is 9.91. The van der Waals surface area contributed by atoms with E-state index in [0.717, 1.165) is 5.70 Å². The van der Waals surface area contributed by atoms with Crippen LogP contribution in [0.15, 0.2) is 66.9 Å². The molecule has 0 fully saturated rings. The van der Waals surface area contributed by atoms with Crippen LogP contribution in [0.1, 0.15) is 19.4 Å². The highest BCUT2D eigenvalue weighted by Gasteiger charge is 2.03. The Hall–Kier alpha value is -2.49. The van der Waals surface area contributed by atoms with Crippen LogP contribution in [-0.2, 0) is 6.61 Å². The largest absolute Gasteiger partial charge is 0.472 e. The van der Waals surface area contributed by atoms with Gasteiger partial charge < -0.3 is 4.74 Å². The first-order valence-electron chi connectivity index (χ1n) is 7.43. The van der Waals surface area contributed by atoms with Gasteiger partial charge in [0.2, 0.25) is 5.88 Å². The van der Waals surface area contributed by atoms with Gasteiger partial charge in [0.1, 0.15) is 14.5 Å². The maximum atomic E-state index is 5.79. The molecule has 0 atom stereocenters. The molecule has 2 aromatic rings. The van der Waals surface area contributed by atoms with E-state index in [9.17, 15) is 0 Å². The Bertz CT molecular complexity index is 699. The second-order valence-corrected chi connectivity index (χ2v) is 4.93. The molecule has 0 saturated heterocycles. The number of aromatic nitrogens is 2. The maximum absolute atomic E-state index is 5.79. The van der Waals surface area contributed by atoms with Crippen LogP contribution < -0.4 is 10.2 Å². The number of nitrogens with zero attached hydrogens (tertiary/aromatic N) is 2. The first kappa shape index (κ1) is 15.9. The van der Waals surface area contributed by atoms with E-state index in [1.807, 2.05) is 73.3 Å².